The van der Waals surface area contributed by atoms with Crippen LogP contribution in [0.1, 0.15) is 25.8 Å². The van der Waals surface area contributed by atoms with Crippen molar-refractivity contribution < 1.29 is 14.3 Å². The van der Waals surface area contributed by atoms with E-state index in [1.807, 2.05) is 45.0 Å². The highest BCUT2D eigenvalue weighted by atomic mass is 16.6. The number of rotatable bonds is 11. The zero-order valence-corrected chi connectivity index (χ0v) is 21.1. The van der Waals surface area contributed by atoms with E-state index in [1.54, 1.807) is 12.3 Å². The predicted octanol–water partition coefficient (Wildman–Crippen LogP) is 3.01. The summed E-state index contributed by atoms with van der Waals surface area (Å²) in [4.78, 5) is 49.3. The fourth-order valence-electron chi connectivity index (χ4n) is 3.32. The molecule has 0 spiro atoms. The molecule has 3 aromatic rings. The Labute approximate surface area is 209 Å². The first-order valence-electron chi connectivity index (χ1n) is 11.8. The molecule has 11 nitrogen and oxygen atoms in total. The van der Waals surface area contributed by atoms with Gasteiger partial charge in [0, 0.05) is 32.0 Å². The summed E-state index contributed by atoms with van der Waals surface area (Å²) in [6.07, 6.45) is 1.62. The van der Waals surface area contributed by atoms with E-state index in [9.17, 15) is 14.4 Å². The van der Waals surface area contributed by atoms with Crippen LogP contribution >= 0.6 is 0 Å². The van der Waals surface area contributed by atoms with Gasteiger partial charge in [-0.1, -0.05) is 26.0 Å². The van der Waals surface area contributed by atoms with Gasteiger partial charge in [-0.2, -0.15) is 4.98 Å². The topological polar surface area (TPSA) is 141 Å². The molecule has 0 aliphatic carbocycles. The number of aromatic nitrogens is 3. The number of aryl methyl sites for hydroxylation is 1. The third-order valence-electron chi connectivity index (χ3n) is 5.09. The maximum Gasteiger partial charge on any atom is 0.409 e. The standard InChI is InChI=1S/C25H33N7O4/c1-16(2)15-36-25(35)32(4)14-20(33)26-10-6-11-28-24-30-19-9-12-27-23(34)21(19)22(31-24)29-18-8-5-7-17(3)13-18/h5,7-9,12-13,16H,6,10-11,14-15H2,1-4H3,(H,26,33)(H,27,34)(H2,28,29,30,31). The molecular formula is C25H33N7O4. The number of hydrogen-bond donors (Lipinski definition) is 4. The quantitative estimate of drug-likeness (QED) is 0.298. The van der Waals surface area contributed by atoms with Crippen LogP contribution in [0.15, 0.2) is 41.3 Å². The van der Waals surface area contributed by atoms with E-state index >= 15 is 0 Å². The number of benzene rings is 1. The van der Waals surface area contributed by atoms with Gasteiger partial charge in [-0.15, -0.1) is 0 Å². The number of likely N-dealkylation sites (N-methyl/N-ethyl adjacent to an activating group) is 1. The van der Waals surface area contributed by atoms with Crippen LogP contribution < -0.4 is 21.5 Å². The molecule has 0 unspecified atom stereocenters. The lowest BCUT2D eigenvalue weighted by Gasteiger charge is -2.17. The van der Waals surface area contributed by atoms with Gasteiger partial charge in [0.1, 0.15) is 17.7 Å². The van der Waals surface area contributed by atoms with Crippen molar-refractivity contribution in [2.75, 3.05) is 43.9 Å². The molecule has 0 saturated carbocycles. The fraction of sp³-hybridized carbons (Fsp3) is 0.400. The number of anilines is 3. The van der Waals surface area contributed by atoms with Crippen LogP contribution in [0.5, 0.6) is 0 Å². The van der Waals surface area contributed by atoms with Crippen molar-refractivity contribution in [2.24, 2.45) is 5.92 Å². The molecule has 0 fully saturated rings. The van der Waals surface area contributed by atoms with Crippen LogP contribution in [0.3, 0.4) is 0 Å². The summed E-state index contributed by atoms with van der Waals surface area (Å²) >= 11 is 0. The zero-order chi connectivity index (χ0) is 26.1. The third-order valence-corrected chi connectivity index (χ3v) is 5.09. The molecular weight excluding hydrogens is 462 g/mol. The highest BCUT2D eigenvalue weighted by Crippen LogP contribution is 2.23. The molecule has 0 aliphatic rings. The first-order chi connectivity index (χ1) is 17.2. The normalized spacial score (nSPS) is 10.8. The average Bonchev–Trinajstić information content (AvgIpc) is 2.82. The monoisotopic (exact) mass is 495 g/mol. The number of fused-ring (bicyclic) bond motifs is 1. The summed E-state index contributed by atoms with van der Waals surface area (Å²) in [5, 5.41) is 9.51. The Hall–Kier alpha value is -4.15. The van der Waals surface area contributed by atoms with Crippen molar-refractivity contribution in [3.05, 3.63) is 52.4 Å². The second kappa shape index (κ2) is 12.5. The number of ether oxygens (including phenoxy) is 1. The van der Waals surface area contributed by atoms with Gasteiger partial charge in [0.25, 0.3) is 5.56 Å². The number of nitrogens with zero attached hydrogens (tertiary/aromatic N) is 3. The van der Waals surface area contributed by atoms with E-state index in [0.717, 1.165) is 11.3 Å². The van der Waals surface area contributed by atoms with Gasteiger partial charge in [-0.3, -0.25) is 9.59 Å². The lowest BCUT2D eigenvalue weighted by Crippen LogP contribution is -2.39. The molecule has 0 radical (unpaired) electrons. The predicted molar refractivity (Wildman–Crippen MR) is 140 cm³/mol. The Kier molecular flexibility index (Phi) is 9.20. The maximum absolute atomic E-state index is 12.4. The van der Waals surface area contributed by atoms with E-state index in [-0.39, 0.29) is 23.9 Å². The van der Waals surface area contributed by atoms with Gasteiger partial charge < -0.3 is 30.6 Å². The molecule has 0 atom stereocenters. The Morgan fingerprint density at radius 1 is 1.17 bits per heavy atom. The molecule has 2 amide bonds. The van der Waals surface area contributed by atoms with Crippen LogP contribution in [0.2, 0.25) is 0 Å². The van der Waals surface area contributed by atoms with E-state index in [1.165, 1.54) is 11.9 Å². The Balaban J connectivity index is 1.54. The van der Waals surface area contributed by atoms with Crippen LogP contribution in [0.4, 0.5) is 22.2 Å². The molecule has 36 heavy (non-hydrogen) atoms. The first-order valence-corrected chi connectivity index (χ1v) is 11.8. The minimum atomic E-state index is -0.525. The smallest absolute Gasteiger partial charge is 0.409 e. The molecule has 192 valence electrons. The van der Waals surface area contributed by atoms with Gasteiger partial charge in [-0.25, -0.2) is 9.78 Å². The molecule has 2 heterocycles. The molecule has 0 aliphatic heterocycles. The van der Waals surface area contributed by atoms with E-state index < -0.39 is 6.09 Å². The maximum atomic E-state index is 12.4. The number of carbonyl (C=O) groups excluding carboxylic acids is 2. The SMILES string of the molecule is Cc1cccc(Nc2nc(NCCCNC(=O)CN(C)C(=O)OCC(C)C)nc3cc[nH]c(=O)c23)c1. The number of carbonyl (C=O) groups is 2. The molecule has 2 aromatic heterocycles. The van der Waals surface area contributed by atoms with E-state index in [2.05, 4.69) is 30.9 Å². The van der Waals surface area contributed by atoms with Crippen molar-refractivity contribution in [2.45, 2.75) is 27.2 Å². The number of nitrogens with one attached hydrogen (secondary N) is 4. The zero-order valence-electron chi connectivity index (χ0n) is 21.1. The minimum absolute atomic E-state index is 0.0827. The van der Waals surface area contributed by atoms with Crippen molar-refractivity contribution in [1.29, 1.82) is 0 Å². The summed E-state index contributed by atoms with van der Waals surface area (Å²) in [7, 11) is 1.52. The fourth-order valence-corrected chi connectivity index (χ4v) is 3.32. The third kappa shape index (κ3) is 7.69. The van der Waals surface area contributed by atoms with Gasteiger partial charge in [-0.05, 0) is 43.0 Å². The van der Waals surface area contributed by atoms with Gasteiger partial charge in [0.2, 0.25) is 11.9 Å². The Morgan fingerprint density at radius 3 is 2.72 bits per heavy atom. The lowest BCUT2D eigenvalue weighted by atomic mass is 10.2. The van der Waals surface area contributed by atoms with Crippen LogP contribution in [0.25, 0.3) is 10.9 Å². The summed E-state index contributed by atoms with van der Waals surface area (Å²) in [5.74, 6) is 0.716. The second-order valence-corrected chi connectivity index (χ2v) is 8.91. The Bertz CT molecular complexity index is 1260. The number of amides is 2. The molecule has 3 rings (SSSR count). The van der Waals surface area contributed by atoms with Gasteiger partial charge in [0.15, 0.2) is 0 Å². The summed E-state index contributed by atoms with van der Waals surface area (Å²) in [6.45, 7) is 6.99. The summed E-state index contributed by atoms with van der Waals surface area (Å²) < 4.78 is 5.11. The van der Waals surface area contributed by atoms with Crippen molar-refractivity contribution in [1.82, 2.24) is 25.2 Å². The summed E-state index contributed by atoms with van der Waals surface area (Å²) in [5.41, 5.74) is 2.11. The Morgan fingerprint density at radius 2 is 1.97 bits per heavy atom. The largest absolute Gasteiger partial charge is 0.449 e. The lowest BCUT2D eigenvalue weighted by molar-refractivity contribution is -0.121. The average molecular weight is 496 g/mol. The number of pyridine rings is 1. The van der Waals surface area contributed by atoms with Crippen LogP contribution in [-0.2, 0) is 9.53 Å². The van der Waals surface area contributed by atoms with Crippen LogP contribution in [0, 0.1) is 12.8 Å². The summed E-state index contributed by atoms with van der Waals surface area (Å²) in [6, 6.07) is 9.48. The van der Waals surface area contributed by atoms with Crippen molar-refractivity contribution in [3.8, 4) is 0 Å². The molecule has 1 aromatic carbocycles. The highest BCUT2D eigenvalue weighted by molar-refractivity contribution is 5.90. The molecule has 4 N–H and O–H groups in total. The number of H-pyrrole nitrogens is 1. The van der Waals surface area contributed by atoms with E-state index in [4.69, 9.17) is 4.74 Å². The van der Waals surface area contributed by atoms with E-state index in [0.29, 0.717) is 48.8 Å². The molecule has 0 bridgehead atoms. The highest BCUT2D eigenvalue weighted by Gasteiger charge is 2.15. The second-order valence-electron chi connectivity index (χ2n) is 8.91. The van der Waals surface area contributed by atoms with Crippen LogP contribution in [-0.4, -0.2) is 65.1 Å². The van der Waals surface area contributed by atoms with Crippen molar-refractivity contribution >= 4 is 40.4 Å². The van der Waals surface area contributed by atoms with Gasteiger partial charge >= 0.3 is 6.09 Å². The number of aromatic amines is 1. The first kappa shape index (κ1) is 26.5. The van der Waals surface area contributed by atoms with Crippen molar-refractivity contribution in [3.63, 3.8) is 0 Å². The minimum Gasteiger partial charge on any atom is -0.449 e. The number of hydrogen-bond acceptors (Lipinski definition) is 8. The molecule has 0 saturated heterocycles. The van der Waals surface area contributed by atoms with Gasteiger partial charge in [0.05, 0.1) is 12.1 Å². The molecule has 11 heteroatoms.